The Hall–Kier alpha value is -2.57. The van der Waals surface area contributed by atoms with Gasteiger partial charge in [-0.1, -0.05) is 24.3 Å². The molecule has 0 unspecified atom stereocenters. The van der Waals surface area contributed by atoms with E-state index in [1.54, 1.807) is 24.0 Å². The Balaban J connectivity index is 1.34. The third-order valence-corrected chi connectivity index (χ3v) is 6.13. The van der Waals surface area contributed by atoms with E-state index in [2.05, 4.69) is 4.90 Å². The van der Waals surface area contributed by atoms with E-state index in [9.17, 15) is 9.90 Å². The third-order valence-electron chi connectivity index (χ3n) is 6.13. The van der Waals surface area contributed by atoms with Gasteiger partial charge in [0.15, 0.2) is 0 Å². The second kappa shape index (κ2) is 9.71. The molecule has 6 heteroatoms. The summed E-state index contributed by atoms with van der Waals surface area (Å²) in [6, 6.07) is 16.8. The maximum atomic E-state index is 13.1. The molecule has 31 heavy (non-hydrogen) atoms. The number of amides is 1. The van der Waals surface area contributed by atoms with Crippen molar-refractivity contribution in [2.75, 3.05) is 39.3 Å². The maximum absolute atomic E-state index is 13.1. The highest BCUT2D eigenvalue weighted by Crippen LogP contribution is 2.27. The lowest BCUT2D eigenvalue weighted by atomic mass is 9.91. The number of hydrogen-bond donors (Lipinski definition) is 1. The zero-order chi connectivity index (χ0) is 21.7. The minimum atomic E-state index is -1.13. The van der Waals surface area contributed by atoms with E-state index in [4.69, 9.17) is 9.47 Å². The van der Waals surface area contributed by atoms with E-state index >= 15 is 0 Å². The summed E-state index contributed by atoms with van der Waals surface area (Å²) in [7, 11) is 0. The number of β-amino-alcohol motifs (C(OH)–C–C–N with tert-alkyl or cyclic N) is 1. The molecular weight excluding hydrogens is 392 g/mol. The molecule has 0 saturated carbocycles. The fraction of sp³-hybridized carbons (Fsp3) is 0.480. The van der Waals surface area contributed by atoms with Gasteiger partial charge in [0.05, 0.1) is 6.54 Å². The fourth-order valence-electron chi connectivity index (χ4n) is 4.37. The molecule has 2 aromatic carbocycles. The summed E-state index contributed by atoms with van der Waals surface area (Å²) >= 11 is 0. The monoisotopic (exact) mass is 424 g/mol. The summed E-state index contributed by atoms with van der Waals surface area (Å²) < 4.78 is 11.9. The molecule has 0 radical (unpaired) electrons. The van der Waals surface area contributed by atoms with E-state index < -0.39 is 5.60 Å². The van der Waals surface area contributed by atoms with Gasteiger partial charge in [-0.05, 0) is 63.2 Å². The first kappa shape index (κ1) is 21.7. The van der Waals surface area contributed by atoms with Gasteiger partial charge in [0, 0.05) is 25.1 Å². The highest BCUT2D eigenvalue weighted by atomic mass is 16.5. The maximum Gasteiger partial charge on any atom is 0.254 e. The van der Waals surface area contributed by atoms with Gasteiger partial charge in [-0.25, -0.2) is 0 Å². The summed E-state index contributed by atoms with van der Waals surface area (Å²) in [4.78, 5) is 17.2. The van der Waals surface area contributed by atoms with E-state index in [-0.39, 0.29) is 18.6 Å². The lowest BCUT2D eigenvalue weighted by Crippen LogP contribution is -2.58. The predicted octanol–water partition coefficient (Wildman–Crippen LogP) is 3.21. The van der Waals surface area contributed by atoms with Crippen LogP contribution in [0.3, 0.4) is 0 Å². The SMILES string of the molecule is C[C@]1(O)CN(C(=O)c2cccc(OCCN3CCCC3)c2)CC[C@@H]1Oc1ccccc1. The molecule has 2 atom stereocenters. The number of hydrogen-bond acceptors (Lipinski definition) is 5. The fourth-order valence-corrected chi connectivity index (χ4v) is 4.37. The van der Waals surface area contributed by atoms with E-state index in [1.165, 1.54) is 12.8 Å². The number of likely N-dealkylation sites (tertiary alicyclic amines) is 2. The Morgan fingerprint density at radius 1 is 1.06 bits per heavy atom. The van der Waals surface area contributed by atoms with Gasteiger partial charge in [0.25, 0.3) is 5.91 Å². The molecule has 2 heterocycles. The number of carbonyl (C=O) groups excluding carboxylic acids is 1. The Morgan fingerprint density at radius 3 is 2.55 bits per heavy atom. The number of rotatable bonds is 7. The Labute approximate surface area is 184 Å². The topological polar surface area (TPSA) is 62.2 Å². The summed E-state index contributed by atoms with van der Waals surface area (Å²) in [5.41, 5.74) is -0.551. The Kier molecular flexibility index (Phi) is 6.78. The number of nitrogens with zero attached hydrogens (tertiary/aromatic N) is 2. The number of benzene rings is 2. The van der Waals surface area contributed by atoms with Crippen molar-refractivity contribution >= 4 is 5.91 Å². The Morgan fingerprint density at radius 2 is 1.81 bits per heavy atom. The Bertz CT molecular complexity index is 865. The van der Waals surface area contributed by atoms with Crippen molar-refractivity contribution in [3.8, 4) is 11.5 Å². The molecule has 2 aliphatic rings. The van der Waals surface area contributed by atoms with Gasteiger partial charge >= 0.3 is 0 Å². The van der Waals surface area contributed by atoms with Crippen LogP contribution in [0.2, 0.25) is 0 Å². The molecule has 0 aliphatic carbocycles. The number of carbonyl (C=O) groups is 1. The van der Waals surface area contributed by atoms with Crippen molar-refractivity contribution in [2.24, 2.45) is 0 Å². The molecule has 4 rings (SSSR count). The number of ether oxygens (including phenoxy) is 2. The highest BCUT2D eigenvalue weighted by molar-refractivity contribution is 5.94. The lowest BCUT2D eigenvalue weighted by molar-refractivity contribution is -0.0899. The normalized spacial score (nSPS) is 24.2. The average molecular weight is 425 g/mol. The minimum Gasteiger partial charge on any atom is -0.492 e. The zero-order valence-electron chi connectivity index (χ0n) is 18.2. The third kappa shape index (κ3) is 5.57. The van der Waals surface area contributed by atoms with Gasteiger partial charge in [0.1, 0.15) is 29.8 Å². The molecule has 166 valence electrons. The van der Waals surface area contributed by atoms with Crippen LogP contribution in [0, 0.1) is 0 Å². The van der Waals surface area contributed by atoms with Crippen LogP contribution in [-0.4, -0.2) is 71.8 Å². The molecule has 1 amide bonds. The van der Waals surface area contributed by atoms with Crippen LogP contribution in [0.25, 0.3) is 0 Å². The lowest BCUT2D eigenvalue weighted by Gasteiger charge is -2.42. The molecule has 0 spiro atoms. The molecule has 2 aromatic rings. The van der Waals surface area contributed by atoms with Gasteiger partial charge < -0.3 is 19.5 Å². The van der Waals surface area contributed by atoms with E-state index in [0.29, 0.717) is 30.9 Å². The van der Waals surface area contributed by atoms with Crippen LogP contribution < -0.4 is 9.47 Å². The van der Waals surface area contributed by atoms with Crippen molar-refractivity contribution in [2.45, 2.75) is 37.9 Å². The van der Waals surface area contributed by atoms with E-state index in [0.717, 1.165) is 25.4 Å². The van der Waals surface area contributed by atoms with Crippen molar-refractivity contribution in [3.05, 3.63) is 60.2 Å². The predicted molar refractivity (Wildman–Crippen MR) is 120 cm³/mol. The largest absolute Gasteiger partial charge is 0.492 e. The standard InChI is InChI=1S/C25H32N2O4/c1-25(29)19-27(15-12-23(25)31-21-9-3-2-4-10-21)24(28)20-8-7-11-22(18-20)30-17-16-26-13-5-6-14-26/h2-4,7-11,18,23,29H,5-6,12-17,19H2,1H3/t23-,25-/m0/s1. The quantitative estimate of drug-likeness (QED) is 0.740. The molecule has 2 fully saturated rings. The molecule has 0 aromatic heterocycles. The van der Waals surface area contributed by atoms with Crippen molar-refractivity contribution in [1.82, 2.24) is 9.80 Å². The van der Waals surface area contributed by atoms with Crippen molar-refractivity contribution in [3.63, 3.8) is 0 Å². The second-order valence-corrected chi connectivity index (χ2v) is 8.72. The molecule has 1 N–H and O–H groups in total. The highest BCUT2D eigenvalue weighted by Gasteiger charge is 2.41. The minimum absolute atomic E-state index is 0.0940. The first-order valence-corrected chi connectivity index (χ1v) is 11.2. The number of piperidine rings is 1. The van der Waals surface area contributed by atoms with Crippen molar-refractivity contribution < 1.29 is 19.4 Å². The van der Waals surface area contributed by atoms with Crippen LogP contribution in [-0.2, 0) is 0 Å². The van der Waals surface area contributed by atoms with Crippen LogP contribution in [0.15, 0.2) is 54.6 Å². The molecule has 2 saturated heterocycles. The van der Waals surface area contributed by atoms with Gasteiger partial charge in [-0.2, -0.15) is 0 Å². The van der Waals surface area contributed by atoms with Gasteiger partial charge in [0.2, 0.25) is 0 Å². The molecule has 0 bridgehead atoms. The summed E-state index contributed by atoms with van der Waals surface area (Å²) in [5.74, 6) is 1.34. The summed E-state index contributed by atoms with van der Waals surface area (Å²) in [6.07, 6.45) is 2.74. The van der Waals surface area contributed by atoms with Crippen LogP contribution in [0.5, 0.6) is 11.5 Å². The van der Waals surface area contributed by atoms with Gasteiger partial charge in [-0.15, -0.1) is 0 Å². The summed E-state index contributed by atoms with van der Waals surface area (Å²) in [6.45, 7) is 6.32. The molecule has 6 nitrogen and oxygen atoms in total. The first-order valence-electron chi connectivity index (χ1n) is 11.2. The average Bonchev–Trinajstić information content (AvgIpc) is 3.29. The van der Waals surface area contributed by atoms with Crippen LogP contribution >= 0.6 is 0 Å². The van der Waals surface area contributed by atoms with Gasteiger partial charge in [-0.3, -0.25) is 9.69 Å². The van der Waals surface area contributed by atoms with Crippen LogP contribution in [0.4, 0.5) is 0 Å². The smallest absolute Gasteiger partial charge is 0.254 e. The number of aliphatic hydroxyl groups is 1. The van der Waals surface area contributed by atoms with Crippen LogP contribution in [0.1, 0.15) is 36.5 Å². The summed E-state index contributed by atoms with van der Waals surface area (Å²) in [5, 5.41) is 11.0. The molecular formula is C25H32N2O4. The van der Waals surface area contributed by atoms with Crippen molar-refractivity contribution in [1.29, 1.82) is 0 Å². The zero-order valence-corrected chi connectivity index (χ0v) is 18.2. The van der Waals surface area contributed by atoms with E-state index in [1.807, 2.05) is 42.5 Å². The molecule has 2 aliphatic heterocycles. The second-order valence-electron chi connectivity index (χ2n) is 8.72. The first-order chi connectivity index (χ1) is 15.0. The number of para-hydroxylation sites is 1.